The van der Waals surface area contributed by atoms with Crippen molar-refractivity contribution in [3.8, 4) is 5.75 Å². The van der Waals surface area contributed by atoms with E-state index in [2.05, 4.69) is 0 Å². The quantitative estimate of drug-likeness (QED) is 0.484. The van der Waals surface area contributed by atoms with Gasteiger partial charge >= 0.3 is 0 Å². The Balaban J connectivity index is 2.80. The van der Waals surface area contributed by atoms with E-state index in [4.69, 9.17) is 15.2 Å². The summed E-state index contributed by atoms with van der Waals surface area (Å²) in [5.41, 5.74) is 6.32. The first kappa shape index (κ1) is 13.1. The minimum absolute atomic E-state index is 0.454. The molecule has 0 aliphatic heterocycles. The Labute approximate surface area is 96.1 Å². The second-order valence-electron chi connectivity index (χ2n) is 3.91. The lowest BCUT2D eigenvalue weighted by Gasteiger charge is -2.12. The zero-order valence-electron chi connectivity index (χ0n) is 9.90. The van der Waals surface area contributed by atoms with E-state index in [0.29, 0.717) is 24.7 Å². The number of ether oxygens (including phenoxy) is 2. The molecule has 0 aliphatic carbocycles. The predicted octanol–water partition coefficient (Wildman–Crippen LogP) is 1.54. The highest BCUT2D eigenvalue weighted by Crippen LogP contribution is 2.36. The molecule has 0 heterocycles. The number of nitrogens with two attached hydrogens (primary N) is 1. The third-order valence-electron chi connectivity index (χ3n) is 2.16. The Kier molecular flexibility index (Phi) is 4.39. The van der Waals surface area contributed by atoms with E-state index in [0.717, 1.165) is 5.30 Å². The summed E-state index contributed by atoms with van der Waals surface area (Å²) in [6, 6.07) is 5.25. The van der Waals surface area contributed by atoms with Crippen molar-refractivity contribution >= 4 is 18.1 Å². The van der Waals surface area contributed by atoms with Crippen molar-refractivity contribution in [2.45, 2.75) is 0 Å². The Morgan fingerprint density at radius 2 is 2.00 bits per heavy atom. The highest BCUT2D eigenvalue weighted by molar-refractivity contribution is 7.70. The number of anilines is 1. The van der Waals surface area contributed by atoms with Crippen molar-refractivity contribution in [1.82, 2.24) is 0 Å². The van der Waals surface area contributed by atoms with Crippen LogP contribution >= 0.6 is 7.14 Å². The maximum absolute atomic E-state index is 11.8. The molecule has 0 unspecified atom stereocenters. The van der Waals surface area contributed by atoms with Crippen molar-refractivity contribution in [3.63, 3.8) is 0 Å². The van der Waals surface area contributed by atoms with E-state index >= 15 is 0 Å². The van der Waals surface area contributed by atoms with Gasteiger partial charge in [0.1, 0.15) is 19.5 Å². The van der Waals surface area contributed by atoms with Crippen LogP contribution in [0, 0.1) is 0 Å². The molecule has 1 aromatic carbocycles. The highest BCUT2D eigenvalue weighted by atomic mass is 31.2. The van der Waals surface area contributed by atoms with Gasteiger partial charge in [0.15, 0.2) is 0 Å². The van der Waals surface area contributed by atoms with Gasteiger partial charge in [0.25, 0.3) is 0 Å². The van der Waals surface area contributed by atoms with Crippen molar-refractivity contribution in [3.05, 3.63) is 18.2 Å². The fourth-order valence-electron chi connectivity index (χ4n) is 1.24. The van der Waals surface area contributed by atoms with E-state index < -0.39 is 7.14 Å². The summed E-state index contributed by atoms with van der Waals surface area (Å²) in [6.07, 6.45) is 0. The SMILES string of the molecule is COCCOc1ccc(P(C)(C)=O)cc1N. The number of hydrogen-bond donors (Lipinski definition) is 1. The number of hydrogen-bond acceptors (Lipinski definition) is 4. The second-order valence-corrected chi connectivity index (χ2v) is 7.13. The lowest BCUT2D eigenvalue weighted by Crippen LogP contribution is -2.09. The van der Waals surface area contributed by atoms with E-state index in [9.17, 15) is 4.57 Å². The predicted molar refractivity (Wildman–Crippen MR) is 67.3 cm³/mol. The third-order valence-corrected chi connectivity index (χ3v) is 3.68. The van der Waals surface area contributed by atoms with E-state index in [1.807, 2.05) is 0 Å². The summed E-state index contributed by atoms with van der Waals surface area (Å²) < 4.78 is 22.1. The van der Waals surface area contributed by atoms with Crippen LogP contribution in [-0.4, -0.2) is 33.7 Å². The van der Waals surface area contributed by atoms with Crippen LogP contribution in [0.4, 0.5) is 5.69 Å². The van der Waals surface area contributed by atoms with Gasteiger partial charge in [0.2, 0.25) is 0 Å². The Hall–Kier alpha value is -0.990. The zero-order chi connectivity index (χ0) is 12.2. The van der Waals surface area contributed by atoms with Crippen LogP contribution in [0.25, 0.3) is 0 Å². The van der Waals surface area contributed by atoms with Crippen molar-refractivity contribution in [2.24, 2.45) is 0 Å². The normalized spacial score (nSPS) is 11.4. The van der Waals surface area contributed by atoms with Crippen LogP contribution in [0.2, 0.25) is 0 Å². The molecule has 0 aromatic heterocycles. The summed E-state index contributed by atoms with van der Waals surface area (Å²) >= 11 is 0. The highest BCUT2D eigenvalue weighted by Gasteiger charge is 2.12. The maximum Gasteiger partial charge on any atom is 0.142 e. The summed E-state index contributed by atoms with van der Waals surface area (Å²) in [4.78, 5) is 0. The Morgan fingerprint density at radius 1 is 1.31 bits per heavy atom. The fourth-order valence-corrected chi connectivity index (χ4v) is 2.12. The molecule has 16 heavy (non-hydrogen) atoms. The Morgan fingerprint density at radius 3 is 2.50 bits per heavy atom. The molecular weight excluding hydrogens is 225 g/mol. The molecule has 0 saturated heterocycles. The first-order valence-electron chi connectivity index (χ1n) is 5.02. The fraction of sp³-hybridized carbons (Fsp3) is 0.455. The van der Waals surface area contributed by atoms with Crippen LogP contribution in [0.1, 0.15) is 0 Å². The average molecular weight is 243 g/mol. The monoisotopic (exact) mass is 243 g/mol. The van der Waals surface area contributed by atoms with Gasteiger partial charge in [-0.1, -0.05) is 0 Å². The molecule has 0 fully saturated rings. The van der Waals surface area contributed by atoms with E-state index in [1.165, 1.54) is 0 Å². The summed E-state index contributed by atoms with van der Waals surface area (Å²) in [5.74, 6) is 0.606. The third kappa shape index (κ3) is 3.54. The molecule has 0 saturated carbocycles. The minimum atomic E-state index is -2.26. The van der Waals surface area contributed by atoms with Gasteiger partial charge < -0.3 is 19.8 Å². The van der Waals surface area contributed by atoms with Crippen molar-refractivity contribution in [2.75, 3.05) is 39.4 Å². The minimum Gasteiger partial charge on any atom is -0.489 e. The molecule has 0 bridgehead atoms. The molecule has 1 aromatic rings. The van der Waals surface area contributed by atoms with Gasteiger partial charge in [-0.15, -0.1) is 0 Å². The maximum atomic E-state index is 11.8. The van der Waals surface area contributed by atoms with Crippen LogP contribution in [0.5, 0.6) is 5.75 Å². The number of benzene rings is 1. The van der Waals surface area contributed by atoms with Gasteiger partial charge in [-0.25, -0.2) is 0 Å². The zero-order valence-corrected chi connectivity index (χ0v) is 10.8. The van der Waals surface area contributed by atoms with Crippen molar-refractivity contribution in [1.29, 1.82) is 0 Å². The van der Waals surface area contributed by atoms with Gasteiger partial charge in [0, 0.05) is 12.4 Å². The molecule has 0 spiro atoms. The molecule has 0 atom stereocenters. The molecular formula is C11H18NO3P. The number of methoxy groups -OCH3 is 1. The molecule has 0 aliphatic rings. The van der Waals surface area contributed by atoms with Gasteiger partial charge in [-0.3, -0.25) is 0 Å². The molecule has 4 nitrogen and oxygen atoms in total. The first-order chi connectivity index (χ1) is 7.45. The molecule has 5 heteroatoms. The van der Waals surface area contributed by atoms with Crippen molar-refractivity contribution < 1.29 is 14.0 Å². The van der Waals surface area contributed by atoms with Crippen LogP contribution < -0.4 is 15.8 Å². The molecule has 0 amide bonds. The average Bonchev–Trinajstić information content (AvgIpc) is 2.19. The molecule has 0 radical (unpaired) electrons. The number of nitrogen functional groups attached to an aromatic ring is 1. The van der Waals surface area contributed by atoms with Crippen LogP contribution in [-0.2, 0) is 9.30 Å². The van der Waals surface area contributed by atoms with E-state index in [1.54, 1.807) is 38.6 Å². The second kappa shape index (κ2) is 5.37. The van der Waals surface area contributed by atoms with Gasteiger partial charge in [0.05, 0.1) is 12.3 Å². The standard InChI is InChI=1S/C11H18NO3P/c1-14-6-7-15-11-5-4-9(8-10(11)12)16(2,3)13/h4-5,8H,6-7,12H2,1-3H3. The summed E-state index contributed by atoms with van der Waals surface area (Å²) in [5, 5.41) is 0.768. The number of rotatable bonds is 5. The van der Waals surface area contributed by atoms with Crippen LogP contribution in [0.3, 0.4) is 0 Å². The summed E-state index contributed by atoms with van der Waals surface area (Å²) in [6.45, 7) is 4.40. The summed E-state index contributed by atoms with van der Waals surface area (Å²) in [7, 11) is -0.645. The molecule has 1 rings (SSSR count). The van der Waals surface area contributed by atoms with Crippen LogP contribution in [0.15, 0.2) is 18.2 Å². The molecule has 2 N–H and O–H groups in total. The molecule has 90 valence electrons. The van der Waals surface area contributed by atoms with Gasteiger partial charge in [-0.05, 0) is 31.5 Å². The smallest absolute Gasteiger partial charge is 0.142 e. The topological polar surface area (TPSA) is 61.5 Å². The van der Waals surface area contributed by atoms with Gasteiger partial charge in [-0.2, -0.15) is 0 Å². The first-order valence-corrected chi connectivity index (χ1v) is 7.62. The lowest BCUT2D eigenvalue weighted by molar-refractivity contribution is 0.147. The Bertz CT molecular complexity index is 400. The largest absolute Gasteiger partial charge is 0.489 e. The lowest BCUT2D eigenvalue weighted by atomic mass is 10.3. The van der Waals surface area contributed by atoms with E-state index in [-0.39, 0.29) is 0 Å².